The molecule has 2 aromatic carbocycles. The number of aliphatic carboxylic acids is 2. The highest BCUT2D eigenvalue weighted by Gasteiger charge is 2.24. The molecule has 0 saturated heterocycles. The summed E-state index contributed by atoms with van der Waals surface area (Å²) in [7, 11) is 2.12. The largest absolute Gasteiger partial charge is 0.478 e. The second-order valence-corrected chi connectivity index (χ2v) is 6.52. The van der Waals surface area contributed by atoms with E-state index in [-0.39, 0.29) is 11.7 Å². The van der Waals surface area contributed by atoms with Gasteiger partial charge in [0.2, 0.25) is 0 Å². The first-order valence-corrected chi connectivity index (χ1v) is 8.43. The van der Waals surface area contributed by atoms with Gasteiger partial charge in [-0.15, -0.1) is 0 Å². The van der Waals surface area contributed by atoms with Crippen LogP contribution in [0.4, 0.5) is 4.39 Å². The van der Waals surface area contributed by atoms with Gasteiger partial charge in [0.1, 0.15) is 5.82 Å². The number of aryl methyl sites for hydroxylation is 1. The molecule has 0 saturated carbocycles. The number of rotatable bonds is 3. The van der Waals surface area contributed by atoms with Gasteiger partial charge < -0.3 is 15.1 Å². The van der Waals surface area contributed by atoms with Gasteiger partial charge in [-0.2, -0.15) is 0 Å². The van der Waals surface area contributed by atoms with Gasteiger partial charge in [0.05, 0.1) is 0 Å². The van der Waals surface area contributed by atoms with Crippen molar-refractivity contribution in [3.8, 4) is 0 Å². The molecule has 0 spiro atoms. The molecule has 0 aliphatic carbocycles. The fraction of sp³-hybridized carbons (Fsp3) is 0.238. The summed E-state index contributed by atoms with van der Waals surface area (Å²) in [5, 5.41) is 15.6. The minimum Gasteiger partial charge on any atom is -0.478 e. The molecule has 2 aromatic rings. The van der Waals surface area contributed by atoms with Crippen molar-refractivity contribution in [1.29, 1.82) is 0 Å². The third-order valence-electron chi connectivity index (χ3n) is 4.23. The van der Waals surface area contributed by atoms with E-state index in [9.17, 15) is 14.0 Å². The van der Waals surface area contributed by atoms with Crippen LogP contribution in [0.3, 0.4) is 0 Å². The van der Waals surface area contributed by atoms with Crippen molar-refractivity contribution in [2.24, 2.45) is 0 Å². The summed E-state index contributed by atoms with van der Waals surface area (Å²) >= 11 is 0. The van der Waals surface area contributed by atoms with Crippen molar-refractivity contribution in [2.75, 3.05) is 13.6 Å². The molecule has 0 amide bonds. The lowest BCUT2D eigenvalue weighted by Gasteiger charge is -2.33. The fourth-order valence-corrected chi connectivity index (χ4v) is 3.13. The highest BCUT2D eigenvalue weighted by Crippen LogP contribution is 2.33. The summed E-state index contributed by atoms with van der Waals surface area (Å²) in [5.74, 6) is -2.40. The van der Waals surface area contributed by atoms with Crippen LogP contribution in [-0.2, 0) is 16.1 Å². The lowest BCUT2D eigenvalue weighted by Crippen LogP contribution is -2.31. The van der Waals surface area contributed by atoms with Crippen molar-refractivity contribution >= 4 is 11.9 Å². The molecule has 0 bridgehead atoms. The van der Waals surface area contributed by atoms with E-state index in [1.54, 1.807) is 12.1 Å². The lowest BCUT2D eigenvalue weighted by molar-refractivity contribution is -0.134. The van der Waals surface area contributed by atoms with Gasteiger partial charge in [-0.25, -0.2) is 14.0 Å². The Balaban J connectivity index is 0.000000279. The molecular weight excluding hydrogens is 349 g/mol. The predicted molar refractivity (Wildman–Crippen MR) is 100 cm³/mol. The average molecular weight is 371 g/mol. The normalized spacial score (nSPS) is 16.3. The fourth-order valence-electron chi connectivity index (χ4n) is 3.13. The number of carboxylic acids is 2. The lowest BCUT2D eigenvalue weighted by atomic mass is 9.84. The van der Waals surface area contributed by atoms with Crippen molar-refractivity contribution < 1.29 is 24.2 Å². The Hall–Kier alpha value is -2.99. The van der Waals surface area contributed by atoms with E-state index >= 15 is 0 Å². The Kier molecular flexibility index (Phi) is 6.85. The summed E-state index contributed by atoms with van der Waals surface area (Å²) < 4.78 is 13.4. The van der Waals surface area contributed by atoms with Crippen LogP contribution in [-0.4, -0.2) is 40.6 Å². The maximum Gasteiger partial charge on any atom is 0.328 e. The van der Waals surface area contributed by atoms with E-state index in [1.807, 2.05) is 6.07 Å². The van der Waals surface area contributed by atoms with Gasteiger partial charge in [0, 0.05) is 31.2 Å². The number of fused-ring (bicyclic) bond motifs is 1. The van der Waals surface area contributed by atoms with E-state index in [0.29, 0.717) is 12.2 Å². The van der Waals surface area contributed by atoms with Crippen molar-refractivity contribution in [2.45, 2.75) is 19.4 Å². The van der Waals surface area contributed by atoms with Crippen LogP contribution in [0.15, 0.2) is 54.6 Å². The number of carbonyl (C=O) groups is 2. The van der Waals surface area contributed by atoms with Gasteiger partial charge >= 0.3 is 11.9 Å². The number of hydrogen-bond donors (Lipinski definition) is 2. The summed E-state index contributed by atoms with van der Waals surface area (Å²) in [6.45, 7) is 4.04. The van der Waals surface area contributed by atoms with E-state index in [0.717, 1.165) is 18.7 Å². The maximum atomic E-state index is 13.4. The molecule has 1 heterocycles. The quantitative estimate of drug-likeness (QED) is 0.809. The number of benzene rings is 2. The van der Waals surface area contributed by atoms with Crippen LogP contribution in [0.1, 0.15) is 28.2 Å². The number of hydrogen-bond acceptors (Lipinski definition) is 3. The van der Waals surface area contributed by atoms with Gasteiger partial charge in [0.15, 0.2) is 0 Å². The molecule has 6 heteroatoms. The second-order valence-electron chi connectivity index (χ2n) is 6.52. The topological polar surface area (TPSA) is 77.8 Å². The minimum absolute atomic E-state index is 0.153. The average Bonchev–Trinajstić information content (AvgIpc) is 2.59. The summed E-state index contributed by atoms with van der Waals surface area (Å²) in [4.78, 5) is 21.4. The van der Waals surface area contributed by atoms with Crippen molar-refractivity contribution in [3.05, 3.63) is 82.7 Å². The number of halogens is 1. The second kappa shape index (κ2) is 9.09. The predicted octanol–water partition coefficient (Wildman–Crippen LogP) is 3.42. The summed E-state index contributed by atoms with van der Waals surface area (Å²) in [6.07, 6.45) is 1.12. The molecule has 0 radical (unpaired) electrons. The number of likely N-dealkylation sites (N-methyl/N-ethyl adjacent to an activating group) is 1. The third kappa shape index (κ3) is 6.04. The highest BCUT2D eigenvalue weighted by molar-refractivity contribution is 5.89. The molecule has 1 unspecified atom stereocenters. The molecule has 1 atom stereocenters. The molecule has 27 heavy (non-hydrogen) atoms. The maximum absolute atomic E-state index is 13.4. The smallest absolute Gasteiger partial charge is 0.328 e. The Morgan fingerprint density at radius 3 is 2.37 bits per heavy atom. The van der Waals surface area contributed by atoms with Crippen LogP contribution in [0.5, 0.6) is 0 Å². The van der Waals surface area contributed by atoms with E-state index < -0.39 is 11.9 Å². The molecule has 0 aromatic heterocycles. The number of nitrogens with zero attached hydrogens (tertiary/aromatic N) is 1. The zero-order valence-corrected chi connectivity index (χ0v) is 15.2. The molecule has 3 rings (SSSR count). The molecule has 1 aliphatic rings. The molecule has 2 N–H and O–H groups in total. The van der Waals surface area contributed by atoms with Crippen molar-refractivity contribution in [3.63, 3.8) is 0 Å². The monoisotopic (exact) mass is 371 g/mol. The molecule has 1 aliphatic heterocycles. The van der Waals surface area contributed by atoms with Gasteiger partial charge in [-0.3, -0.25) is 0 Å². The molecule has 0 fully saturated rings. The molecule has 5 nitrogen and oxygen atoms in total. The van der Waals surface area contributed by atoms with Gasteiger partial charge in [-0.1, -0.05) is 35.9 Å². The van der Waals surface area contributed by atoms with Gasteiger partial charge in [0.25, 0.3) is 0 Å². The van der Waals surface area contributed by atoms with Gasteiger partial charge in [-0.05, 0) is 42.8 Å². The zero-order valence-electron chi connectivity index (χ0n) is 15.2. The highest BCUT2D eigenvalue weighted by atomic mass is 19.1. The molecular formula is C21H22FNO4. The first-order chi connectivity index (χ1) is 12.8. The number of carboxylic acid groups (broad SMARTS) is 2. The Morgan fingerprint density at radius 1 is 1.11 bits per heavy atom. The van der Waals surface area contributed by atoms with E-state index in [2.05, 4.69) is 37.1 Å². The SMILES string of the molecule is Cc1ccc2c(c1)CN(C)CC2c1cccc(F)c1.O=C(O)/C=C\C(=O)O. The van der Waals surface area contributed by atoms with Crippen LogP contribution in [0.25, 0.3) is 0 Å². The first kappa shape index (κ1) is 20.3. The van der Waals surface area contributed by atoms with Crippen molar-refractivity contribution in [1.82, 2.24) is 4.90 Å². The zero-order chi connectivity index (χ0) is 20.0. The standard InChI is InChI=1S/C17H18FN.C4H4O4/c1-12-6-7-16-14(8-12)10-19(2)11-17(16)13-4-3-5-15(18)9-13;5-3(6)1-2-4(7)8/h3-9,17H,10-11H2,1-2H3;1-2H,(H,5,6)(H,7,8)/b;2-1-. The Morgan fingerprint density at radius 2 is 1.78 bits per heavy atom. The van der Waals surface area contributed by atoms with Crippen LogP contribution in [0.2, 0.25) is 0 Å². The third-order valence-corrected chi connectivity index (χ3v) is 4.23. The van der Waals surface area contributed by atoms with Crippen LogP contribution >= 0.6 is 0 Å². The summed E-state index contributed by atoms with van der Waals surface area (Å²) in [5.41, 5.74) is 5.06. The van der Waals surface area contributed by atoms with E-state index in [4.69, 9.17) is 10.2 Å². The Bertz CT molecular complexity index is 847. The van der Waals surface area contributed by atoms with Crippen LogP contribution < -0.4 is 0 Å². The Labute approximate surface area is 157 Å². The first-order valence-electron chi connectivity index (χ1n) is 8.43. The minimum atomic E-state index is -1.26. The molecule has 142 valence electrons. The van der Waals surface area contributed by atoms with Crippen LogP contribution in [0, 0.1) is 12.7 Å². The van der Waals surface area contributed by atoms with E-state index in [1.165, 1.54) is 22.8 Å². The summed E-state index contributed by atoms with van der Waals surface area (Å²) in [6, 6.07) is 13.6.